The van der Waals surface area contributed by atoms with Crippen molar-refractivity contribution in [1.29, 1.82) is 0 Å². The van der Waals surface area contributed by atoms with Crippen LogP contribution in [0.1, 0.15) is 35.4 Å². The molecule has 11 heteroatoms. The summed E-state index contributed by atoms with van der Waals surface area (Å²) in [6.45, 7) is 3.78. The molecule has 2 saturated heterocycles. The number of halogens is 2. The van der Waals surface area contributed by atoms with Crippen LogP contribution in [0, 0.1) is 29.5 Å². The van der Waals surface area contributed by atoms with Crippen molar-refractivity contribution in [3.05, 3.63) is 137 Å². The van der Waals surface area contributed by atoms with Crippen molar-refractivity contribution < 1.29 is 33.4 Å². The van der Waals surface area contributed by atoms with Gasteiger partial charge in [-0.1, -0.05) is 60.2 Å². The molecule has 0 aromatic heterocycles. The number of rotatable bonds is 7. The minimum Gasteiger partial charge on any atom is -0.508 e. The van der Waals surface area contributed by atoms with E-state index in [-0.39, 0.29) is 30.4 Å². The van der Waals surface area contributed by atoms with Gasteiger partial charge in [0.05, 0.1) is 41.7 Å². The molecule has 262 valence electrons. The molecule has 0 radical (unpaired) electrons. The highest BCUT2D eigenvalue weighted by Gasteiger charge is 2.70. The van der Waals surface area contributed by atoms with Gasteiger partial charge in [0.2, 0.25) is 11.8 Å². The van der Waals surface area contributed by atoms with Crippen molar-refractivity contribution in [2.24, 2.45) is 23.7 Å². The van der Waals surface area contributed by atoms with Gasteiger partial charge in [0.25, 0.3) is 11.8 Å². The van der Waals surface area contributed by atoms with Crippen LogP contribution >= 0.6 is 11.6 Å². The van der Waals surface area contributed by atoms with Gasteiger partial charge in [-0.2, -0.15) is 5.01 Å². The average molecular weight is 718 g/mol. The number of anilines is 2. The number of aromatic hydroxyl groups is 1. The van der Waals surface area contributed by atoms with E-state index in [1.807, 2.05) is 6.08 Å². The molecular formula is C41H33ClFN3O6. The topological polar surface area (TPSA) is 116 Å². The number of fused-ring (bicyclic) bond motifs is 4. The van der Waals surface area contributed by atoms with Crippen LogP contribution in [0.2, 0.25) is 5.02 Å². The highest BCUT2D eigenvalue weighted by atomic mass is 35.5. The van der Waals surface area contributed by atoms with Gasteiger partial charge < -0.3 is 9.84 Å². The van der Waals surface area contributed by atoms with Gasteiger partial charge in [-0.25, -0.2) is 4.39 Å². The number of ether oxygens (including phenoxy) is 1. The molecule has 8 rings (SSSR count). The highest BCUT2D eigenvalue weighted by molar-refractivity contribution is 6.30. The molecule has 2 aliphatic carbocycles. The second-order valence-corrected chi connectivity index (χ2v) is 14.0. The molecule has 4 aromatic rings. The first kappa shape index (κ1) is 33.4. The lowest BCUT2D eigenvalue weighted by Gasteiger charge is -2.50. The van der Waals surface area contributed by atoms with E-state index in [0.29, 0.717) is 38.8 Å². The molecule has 2 aliphatic heterocycles. The first-order chi connectivity index (χ1) is 25.1. The molecule has 4 aliphatic rings. The van der Waals surface area contributed by atoms with Crippen LogP contribution in [-0.2, 0) is 24.6 Å². The molecular weight excluding hydrogens is 685 g/mol. The Kier molecular flexibility index (Phi) is 8.02. The second kappa shape index (κ2) is 12.5. The van der Waals surface area contributed by atoms with Gasteiger partial charge in [0, 0.05) is 16.5 Å². The number of hydrogen-bond donors (Lipinski definition) is 2. The summed E-state index contributed by atoms with van der Waals surface area (Å²) in [5.74, 6) is -6.29. The summed E-state index contributed by atoms with van der Waals surface area (Å²) in [5, 5.41) is 13.0. The maximum Gasteiger partial charge on any atom is 0.260 e. The number of phenolic OH excluding ortho intramolecular Hbond substituents is 1. The third-order valence-corrected chi connectivity index (χ3v) is 11.4. The average Bonchev–Trinajstić information content (AvgIpc) is 3.53. The normalized spacial score (nSPS) is 26.4. The number of hydrogen-bond acceptors (Lipinski definition) is 7. The first-order valence-electron chi connectivity index (χ1n) is 16.9. The Morgan fingerprint density at radius 3 is 2.31 bits per heavy atom. The lowest BCUT2D eigenvalue weighted by atomic mass is 9.49. The summed E-state index contributed by atoms with van der Waals surface area (Å²) in [4.78, 5) is 59.8. The van der Waals surface area contributed by atoms with Crippen molar-refractivity contribution >= 4 is 52.7 Å². The minimum atomic E-state index is -1.64. The van der Waals surface area contributed by atoms with Crippen molar-refractivity contribution in [2.75, 3.05) is 17.4 Å². The van der Waals surface area contributed by atoms with E-state index in [1.54, 1.807) is 66.7 Å². The number of carbonyl (C=O) groups is 4. The molecule has 52 heavy (non-hydrogen) atoms. The Balaban J connectivity index is 1.33. The summed E-state index contributed by atoms with van der Waals surface area (Å²) in [5.41, 5.74) is 4.33. The Bertz CT molecular complexity index is 2190. The van der Waals surface area contributed by atoms with Crippen LogP contribution in [0.4, 0.5) is 15.8 Å². The Labute approximate surface area is 303 Å². The fourth-order valence-electron chi connectivity index (χ4n) is 8.90. The summed E-state index contributed by atoms with van der Waals surface area (Å²) in [6.07, 6.45) is 3.85. The van der Waals surface area contributed by atoms with Crippen LogP contribution in [0.25, 0.3) is 6.08 Å². The van der Waals surface area contributed by atoms with E-state index in [0.717, 1.165) is 10.6 Å². The third kappa shape index (κ3) is 4.88. The van der Waals surface area contributed by atoms with E-state index in [2.05, 4.69) is 12.0 Å². The van der Waals surface area contributed by atoms with Crippen molar-refractivity contribution in [3.8, 4) is 11.5 Å². The van der Waals surface area contributed by atoms with Crippen molar-refractivity contribution in [1.82, 2.24) is 5.01 Å². The Hall–Kier alpha value is -5.74. The van der Waals surface area contributed by atoms with Crippen LogP contribution in [0.3, 0.4) is 0 Å². The lowest BCUT2D eigenvalue weighted by molar-refractivity contribution is -0.138. The van der Waals surface area contributed by atoms with E-state index in [1.165, 1.54) is 42.3 Å². The molecule has 0 spiro atoms. The van der Waals surface area contributed by atoms with Gasteiger partial charge in [0.1, 0.15) is 17.3 Å². The smallest absolute Gasteiger partial charge is 0.260 e. The van der Waals surface area contributed by atoms with Gasteiger partial charge in [-0.3, -0.25) is 29.5 Å². The summed E-state index contributed by atoms with van der Waals surface area (Å²) in [7, 11) is 1.49. The van der Waals surface area contributed by atoms with Gasteiger partial charge in [-0.05, 0) is 96.6 Å². The number of phenols is 1. The molecule has 3 fully saturated rings. The largest absolute Gasteiger partial charge is 0.508 e. The van der Waals surface area contributed by atoms with E-state index in [9.17, 15) is 23.9 Å². The van der Waals surface area contributed by atoms with Crippen LogP contribution in [0.15, 0.2) is 109 Å². The predicted molar refractivity (Wildman–Crippen MR) is 193 cm³/mol. The number of nitrogens with zero attached hydrogens (tertiary/aromatic N) is 2. The maximum atomic E-state index is 15.2. The van der Waals surface area contributed by atoms with Gasteiger partial charge >= 0.3 is 0 Å². The second-order valence-electron chi connectivity index (χ2n) is 13.6. The lowest BCUT2D eigenvalue weighted by Crippen LogP contribution is -2.53. The van der Waals surface area contributed by atoms with Crippen LogP contribution < -0.4 is 15.1 Å². The quantitative estimate of drug-likeness (QED) is 0.156. The van der Waals surface area contributed by atoms with E-state index < -0.39 is 52.6 Å². The zero-order valence-corrected chi connectivity index (χ0v) is 28.7. The summed E-state index contributed by atoms with van der Waals surface area (Å²) in [6, 6.07) is 23.7. The molecule has 6 unspecified atom stereocenters. The summed E-state index contributed by atoms with van der Waals surface area (Å²) < 4.78 is 19.4. The molecule has 0 bridgehead atoms. The van der Waals surface area contributed by atoms with Crippen LogP contribution in [0.5, 0.6) is 11.5 Å². The van der Waals surface area contributed by atoms with Crippen LogP contribution in [-0.4, -0.2) is 40.9 Å². The number of imide groups is 2. The highest BCUT2D eigenvalue weighted by Crippen LogP contribution is 2.65. The number of benzene rings is 4. The first-order valence-corrected chi connectivity index (χ1v) is 17.3. The summed E-state index contributed by atoms with van der Waals surface area (Å²) >= 11 is 6.35. The molecule has 9 nitrogen and oxygen atoms in total. The SMILES string of the molecule is C=Cc1ccc(N2C(=O)C3CC=C4C(CC5C(=O)N(Nc6ccc(F)cc6)C(=O)C5(c5ccc(Cl)cc5)C4c4cc(OC)ccc4O)C3C2=O)cc1. The molecule has 2 heterocycles. The zero-order valence-electron chi connectivity index (χ0n) is 28.0. The Morgan fingerprint density at radius 2 is 1.63 bits per heavy atom. The fourth-order valence-corrected chi connectivity index (χ4v) is 9.03. The molecule has 4 aromatic carbocycles. The molecule has 1 saturated carbocycles. The van der Waals surface area contributed by atoms with Crippen molar-refractivity contribution in [3.63, 3.8) is 0 Å². The van der Waals surface area contributed by atoms with Gasteiger partial charge in [-0.15, -0.1) is 0 Å². The number of nitrogens with one attached hydrogen (secondary N) is 1. The number of hydrazine groups is 1. The van der Waals surface area contributed by atoms with E-state index in [4.69, 9.17) is 16.3 Å². The van der Waals surface area contributed by atoms with E-state index >= 15 is 4.79 Å². The standard InChI is InChI=1S/C41H33ClFN3O6/c1-3-22-4-14-27(15-5-22)45-37(48)30-18-17-29-31(35(30)39(45)50)21-33-38(49)46(44-26-12-10-25(43)11-13-26)40(51)41(33,23-6-8-24(42)9-7-23)36(29)32-20-28(52-2)16-19-34(32)47/h3-17,19-20,30-31,33,35-36,44,47H,1,18,21H2,2H3. The number of amides is 4. The fraction of sp³-hybridized carbons (Fsp3) is 0.220. The maximum absolute atomic E-state index is 15.2. The third-order valence-electron chi connectivity index (χ3n) is 11.2. The molecule has 6 atom stereocenters. The Morgan fingerprint density at radius 1 is 0.923 bits per heavy atom. The minimum absolute atomic E-state index is 0.0608. The zero-order chi connectivity index (χ0) is 36.5. The predicted octanol–water partition coefficient (Wildman–Crippen LogP) is 7.03. The number of allylic oxidation sites excluding steroid dienone is 2. The van der Waals surface area contributed by atoms with Crippen molar-refractivity contribution in [2.45, 2.75) is 24.2 Å². The number of methoxy groups -OCH3 is 1. The van der Waals surface area contributed by atoms with Gasteiger partial charge in [0.15, 0.2) is 0 Å². The number of carbonyl (C=O) groups excluding carboxylic acids is 4. The monoisotopic (exact) mass is 717 g/mol. The molecule has 2 N–H and O–H groups in total. The molecule has 4 amide bonds.